The van der Waals surface area contributed by atoms with Gasteiger partial charge in [0.15, 0.2) is 0 Å². The van der Waals surface area contributed by atoms with Gasteiger partial charge in [0.1, 0.15) is 0 Å². The summed E-state index contributed by atoms with van der Waals surface area (Å²) in [7, 11) is 0. The van der Waals surface area contributed by atoms with E-state index in [4.69, 9.17) is 23.2 Å². The molecular weight excluding hydrogens is 456 g/mol. The Labute approximate surface area is 185 Å². The van der Waals surface area contributed by atoms with Crippen LogP contribution in [0.5, 0.6) is 0 Å². The lowest BCUT2D eigenvalue weighted by Crippen LogP contribution is -2.28. The molecule has 0 spiro atoms. The van der Waals surface area contributed by atoms with Gasteiger partial charge in [-0.1, -0.05) is 41.0 Å². The molecule has 3 aromatic carbocycles. The summed E-state index contributed by atoms with van der Waals surface area (Å²) in [5.41, 5.74) is 0.186. The zero-order chi connectivity index (χ0) is 21.7. The Morgan fingerprint density at radius 1 is 0.933 bits per heavy atom. The number of alkyl halides is 3. The number of carbonyl (C=O) groups excluding carboxylic acids is 1. The van der Waals surface area contributed by atoms with E-state index in [1.165, 1.54) is 23.9 Å². The number of amides is 2. The average molecular weight is 471 g/mol. The van der Waals surface area contributed by atoms with Crippen LogP contribution in [0.25, 0.3) is 0 Å². The van der Waals surface area contributed by atoms with Crippen molar-refractivity contribution < 1.29 is 18.0 Å². The number of nitrogens with one attached hydrogen (secondary N) is 2. The van der Waals surface area contributed by atoms with Crippen LogP contribution in [-0.2, 0) is 12.7 Å². The Morgan fingerprint density at radius 3 is 2.23 bits per heavy atom. The maximum atomic E-state index is 12.6. The minimum atomic E-state index is -4.43. The van der Waals surface area contributed by atoms with Crippen molar-refractivity contribution >= 4 is 46.7 Å². The van der Waals surface area contributed by atoms with E-state index in [-0.39, 0.29) is 12.2 Å². The number of hydrogen-bond donors (Lipinski definition) is 2. The molecule has 0 bridgehead atoms. The second kappa shape index (κ2) is 9.64. The van der Waals surface area contributed by atoms with Crippen molar-refractivity contribution in [3.63, 3.8) is 0 Å². The van der Waals surface area contributed by atoms with Crippen LogP contribution >= 0.6 is 35.0 Å². The lowest BCUT2D eigenvalue weighted by atomic mass is 10.2. The molecule has 2 amide bonds. The van der Waals surface area contributed by atoms with Gasteiger partial charge in [-0.3, -0.25) is 0 Å². The summed E-state index contributed by atoms with van der Waals surface area (Å²) in [4.78, 5) is 14.0. The number of urea groups is 1. The van der Waals surface area contributed by atoms with Crippen molar-refractivity contribution in [1.82, 2.24) is 5.32 Å². The van der Waals surface area contributed by atoms with E-state index in [1.807, 2.05) is 24.3 Å². The fraction of sp³-hybridized carbons (Fsp3) is 0.0952. The van der Waals surface area contributed by atoms with Crippen LogP contribution < -0.4 is 10.6 Å². The Balaban J connectivity index is 1.65. The lowest BCUT2D eigenvalue weighted by molar-refractivity contribution is -0.137. The van der Waals surface area contributed by atoms with Gasteiger partial charge in [0.05, 0.1) is 5.56 Å². The van der Waals surface area contributed by atoms with Crippen LogP contribution in [0.15, 0.2) is 76.5 Å². The van der Waals surface area contributed by atoms with Gasteiger partial charge in [-0.05, 0) is 60.7 Å². The molecule has 30 heavy (non-hydrogen) atoms. The van der Waals surface area contributed by atoms with Crippen LogP contribution in [0.2, 0.25) is 10.0 Å². The molecule has 0 unspecified atom stereocenters. The quantitative estimate of drug-likeness (QED) is 0.405. The molecule has 0 radical (unpaired) electrons. The van der Waals surface area contributed by atoms with E-state index >= 15 is 0 Å². The molecule has 2 N–H and O–H groups in total. The van der Waals surface area contributed by atoms with Crippen molar-refractivity contribution in [1.29, 1.82) is 0 Å². The minimum Gasteiger partial charge on any atom is -0.334 e. The topological polar surface area (TPSA) is 41.1 Å². The highest BCUT2D eigenvalue weighted by molar-refractivity contribution is 7.99. The molecule has 156 valence electrons. The zero-order valence-corrected chi connectivity index (χ0v) is 17.6. The first-order valence-electron chi connectivity index (χ1n) is 8.65. The van der Waals surface area contributed by atoms with Crippen molar-refractivity contribution in [3.8, 4) is 0 Å². The Bertz CT molecular complexity index is 1030. The third-order valence-electron chi connectivity index (χ3n) is 4.01. The molecule has 0 heterocycles. The minimum absolute atomic E-state index is 0.141. The summed E-state index contributed by atoms with van der Waals surface area (Å²) in [5, 5.41) is 6.30. The number of benzene rings is 3. The highest BCUT2D eigenvalue weighted by Gasteiger charge is 2.30. The first-order chi connectivity index (χ1) is 14.2. The maximum Gasteiger partial charge on any atom is 0.416 e. The van der Waals surface area contributed by atoms with Crippen LogP contribution in [0.1, 0.15) is 11.1 Å². The van der Waals surface area contributed by atoms with Gasteiger partial charge in [0.25, 0.3) is 0 Å². The van der Waals surface area contributed by atoms with Crippen molar-refractivity contribution in [3.05, 3.63) is 87.9 Å². The van der Waals surface area contributed by atoms with Gasteiger partial charge in [0, 0.05) is 37.6 Å². The summed E-state index contributed by atoms with van der Waals surface area (Å²) in [6, 6.07) is 16.4. The molecule has 9 heteroatoms. The van der Waals surface area contributed by atoms with Crippen molar-refractivity contribution in [2.75, 3.05) is 5.32 Å². The fourth-order valence-corrected chi connectivity index (χ4v) is 3.92. The first kappa shape index (κ1) is 22.3. The smallest absolute Gasteiger partial charge is 0.334 e. The number of rotatable bonds is 5. The second-order valence-electron chi connectivity index (χ2n) is 6.16. The molecular formula is C21H15Cl2F3N2OS. The molecule has 0 fully saturated rings. The number of carbonyl (C=O) groups is 1. The van der Waals surface area contributed by atoms with E-state index in [9.17, 15) is 18.0 Å². The normalized spacial score (nSPS) is 11.2. The largest absolute Gasteiger partial charge is 0.416 e. The van der Waals surface area contributed by atoms with Crippen LogP contribution in [0, 0.1) is 0 Å². The number of halogens is 5. The van der Waals surface area contributed by atoms with E-state index in [0.717, 1.165) is 27.5 Å². The average Bonchev–Trinajstić information content (AvgIpc) is 2.69. The van der Waals surface area contributed by atoms with E-state index in [2.05, 4.69) is 10.6 Å². The molecule has 0 aromatic heterocycles. The van der Waals surface area contributed by atoms with E-state index in [1.54, 1.807) is 18.2 Å². The molecule has 0 aliphatic heterocycles. The molecule has 3 nitrogen and oxygen atoms in total. The van der Waals surface area contributed by atoms with E-state index < -0.39 is 17.8 Å². The van der Waals surface area contributed by atoms with Gasteiger partial charge in [-0.2, -0.15) is 13.2 Å². The molecule has 0 aliphatic carbocycles. The maximum absolute atomic E-state index is 12.6. The molecule has 0 saturated heterocycles. The van der Waals surface area contributed by atoms with Crippen LogP contribution in [0.4, 0.5) is 23.7 Å². The Morgan fingerprint density at radius 2 is 1.60 bits per heavy atom. The predicted molar refractivity (Wildman–Crippen MR) is 114 cm³/mol. The van der Waals surface area contributed by atoms with Gasteiger partial charge >= 0.3 is 12.2 Å². The second-order valence-corrected chi connectivity index (χ2v) is 8.11. The van der Waals surface area contributed by atoms with Crippen molar-refractivity contribution in [2.24, 2.45) is 0 Å². The zero-order valence-electron chi connectivity index (χ0n) is 15.3. The highest BCUT2D eigenvalue weighted by atomic mass is 35.5. The summed E-state index contributed by atoms with van der Waals surface area (Å²) < 4.78 is 37.9. The third-order valence-corrected chi connectivity index (χ3v) is 5.73. The molecule has 0 aliphatic rings. The third kappa shape index (κ3) is 6.08. The molecule has 3 aromatic rings. The number of hydrogen-bond acceptors (Lipinski definition) is 2. The fourth-order valence-electron chi connectivity index (χ4n) is 2.52. The van der Waals surface area contributed by atoms with E-state index in [0.29, 0.717) is 10.0 Å². The number of anilines is 1. The molecule has 0 atom stereocenters. The monoisotopic (exact) mass is 470 g/mol. The summed E-state index contributed by atoms with van der Waals surface area (Å²) in [6.07, 6.45) is -4.43. The lowest BCUT2D eigenvalue weighted by Gasteiger charge is -2.13. The summed E-state index contributed by atoms with van der Waals surface area (Å²) in [5.74, 6) is 0. The van der Waals surface area contributed by atoms with Gasteiger partial charge < -0.3 is 10.6 Å². The van der Waals surface area contributed by atoms with Crippen LogP contribution in [0.3, 0.4) is 0 Å². The first-order valence-corrected chi connectivity index (χ1v) is 10.2. The Hall–Kier alpha value is -2.35. The molecule has 3 rings (SSSR count). The summed E-state index contributed by atoms with van der Waals surface area (Å²) in [6.45, 7) is 0.141. The van der Waals surface area contributed by atoms with Crippen LogP contribution in [-0.4, -0.2) is 6.03 Å². The van der Waals surface area contributed by atoms with Crippen molar-refractivity contribution in [2.45, 2.75) is 22.5 Å². The standard InChI is InChI=1S/C21H15Cl2F3N2OS/c22-14-6-10-16(11-7-14)30-19-3-1-2-18(23)17(19)12-27-20(29)28-15-8-4-13(5-9-15)21(24,25)26/h1-11H,12H2,(H2,27,28,29). The van der Waals surface area contributed by atoms with Gasteiger partial charge in [-0.25, -0.2) is 4.79 Å². The van der Waals surface area contributed by atoms with Gasteiger partial charge in [0.2, 0.25) is 0 Å². The SMILES string of the molecule is O=C(NCc1c(Cl)cccc1Sc1ccc(Cl)cc1)Nc1ccc(C(F)(F)F)cc1. The van der Waals surface area contributed by atoms with Gasteiger partial charge in [-0.15, -0.1) is 0 Å². The Kier molecular flexibility index (Phi) is 7.18. The summed E-state index contributed by atoms with van der Waals surface area (Å²) >= 11 is 13.7. The predicted octanol–water partition coefficient (Wildman–Crippen LogP) is 7.49. The highest BCUT2D eigenvalue weighted by Crippen LogP contribution is 2.34. The molecule has 0 saturated carbocycles.